The average molecular weight is 393 g/mol. The number of carbonyl (C=O) groups is 1. The van der Waals surface area contributed by atoms with Gasteiger partial charge in [0.15, 0.2) is 0 Å². The van der Waals surface area contributed by atoms with Gasteiger partial charge in [0, 0.05) is 15.7 Å². The van der Waals surface area contributed by atoms with Crippen LogP contribution in [-0.2, 0) is 9.53 Å². The summed E-state index contributed by atoms with van der Waals surface area (Å²) in [6.07, 6.45) is -1.01. The van der Waals surface area contributed by atoms with Gasteiger partial charge in [0.1, 0.15) is 11.0 Å². The molecule has 0 bridgehead atoms. The van der Waals surface area contributed by atoms with Crippen LogP contribution < -0.4 is 0 Å². The van der Waals surface area contributed by atoms with Gasteiger partial charge in [-0.3, -0.25) is 4.79 Å². The molecule has 0 aromatic heterocycles. The highest BCUT2D eigenvalue weighted by atomic mass is 35.5. The number of thioether (sulfide) groups is 1. The van der Waals surface area contributed by atoms with Crippen LogP contribution in [0.5, 0.6) is 0 Å². The number of halogens is 1. The minimum atomic E-state index is -1.11. The number of ether oxygens (including phenoxy) is 1. The molecule has 3 nitrogen and oxygen atoms in total. The number of hydrogen-bond donors (Lipinski definition) is 1. The summed E-state index contributed by atoms with van der Waals surface area (Å²) in [6.45, 7) is 7.22. The van der Waals surface area contributed by atoms with Gasteiger partial charge < -0.3 is 9.84 Å². The largest absolute Gasteiger partial charge is 0.459 e. The smallest absolute Gasteiger partial charge is 0.316 e. The Morgan fingerprint density at radius 1 is 1.08 bits per heavy atom. The molecule has 1 N–H and O–H groups in total. The third kappa shape index (κ3) is 5.50. The number of aliphatic hydroxyl groups excluding tert-OH is 1. The predicted molar refractivity (Wildman–Crippen MR) is 108 cm³/mol. The third-order valence-electron chi connectivity index (χ3n) is 3.94. The lowest BCUT2D eigenvalue weighted by molar-refractivity contribution is -0.172. The number of esters is 1. The number of aliphatic hydroxyl groups is 1. The topological polar surface area (TPSA) is 46.5 Å². The van der Waals surface area contributed by atoms with Gasteiger partial charge in [0.25, 0.3) is 0 Å². The molecule has 140 valence electrons. The van der Waals surface area contributed by atoms with Crippen molar-refractivity contribution in [3.8, 4) is 0 Å². The lowest BCUT2D eigenvalue weighted by Crippen LogP contribution is -2.42. The molecule has 2 atom stereocenters. The zero-order valence-electron chi connectivity index (χ0n) is 15.5. The van der Waals surface area contributed by atoms with Gasteiger partial charge in [-0.15, -0.1) is 11.8 Å². The van der Waals surface area contributed by atoms with Gasteiger partial charge in [-0.1, -0.05) is 41.9 Å². The average Bonchev–Trinajstić information content (AvgIpc) is 2.59. The highest BCUT2D eigenvalue weighted by Crippen LogP contribution is 2.41. The molecular formula is C21H25ClO3S. The van der Waals surface area contributed by atoms with E-state index >= 15 is 0 Å². The molecule has 0 spiro atoms. The van der Waals surface area contributed by atoms with Gasteiger partial charge in [-0.25, -0.2) is 0 Å². The monoisotopic (exact) mass is 392 g/mol. The molecular weight excluding hydrogens is 368 g/mol. The number of hydrogen-bond acceptors (Lipinski definition) is 4. The molecule has 2 aromatic rings. The van der Waals surface area contributed by atoms with E-state index in [1.807, 2.05) is 51.1 Å². The summed E-state index contributed by atoms with van der Waals surface area (Å²) in [7, 11) is 0. The van der Waals surface area contributed by atoms with Crippen molar-refractivity contribution in [2.45, 2.75) is 44.3 Å². The second-order valence-corrected chi connectivity index (χ2v) is 8.96. The fraction of sp³-hybridized carbons (Fsp3) is 0.381. The molecule has 26 heavy (non-hydrogen) atoms. The fourth-order valence-electron chi connectivity index (χ4n) is 2.41. The van der Waals surface area contributed by atoms with Crippen LogP contribution in [0.1, 0.15) is 39.4 Å². The zero-order valence-corrected chi connectivity index (χ0v) is 17.1. The Morgan fingerprint density at radius 3 is 2.19 bits per heavy atom. The van der Waals surface area contributed by atoms with Crippen LogP contribution in [0, 0.1) is 5.41 Å². The van der Waals surface area contributed by atoms with Crippen LogP contribution in [0.4, 0.5) is 0 Å². The number of rotatable bonds is 6. The second-order valence-electron chi connectivity index (χ2n) is 7.48. The SMILES string of the molecule is CC(C)(C)OC(=O)[C@](C)(CSc1ccccc1)[C@@H](O)c1ccc(Cl)cc1. The van der Waals surface area contributed by atoms with E-state index in [1.54, 1.807) is 31.2 Å². The number of benzene rings is 2. The Labute approximate surface area is 164 Å². The highest BCUT2D eigenvalue weighted by molar-refractivity contribution is 7.99. The molecule has 2 rings (SSSR count). The Morgan fingerprint density at radius 2 is 1.65 bits per heavy atom. The van der Waals surface area contributed by atoms with E-state index in [1.165, 1.54) is 11.8 Å². The summed E-state index contributed by atoms with van der Waals surface area (Å²) in [5.41, 5.74) is -1.10. The molecule has 0 heterocycles. The van der Waals surface area contributed by atoms with E-state index in [4.69, 9.17) is 16.3 Å². The standard InChI is InChI=1S/C21H25ClO3S/c1-20(2,3)25-19(24)21(4,14-26-17-8-6-5-7-9-17)18(23)15-10-12-16(22)13-11-15/h5-13,18,23H,14H2,1-4H3/t18-,21+/m0/s1. The summed E-state index contributed by atoms with van der Waals surface area (Å²) in [4.78, 5) is 14.0. The van der Waals surface area contributed by atoms with Crippen molar-refractivity contribution in [2.24, 2.45) is 5.41 Å². The molecule has 0 aliphatic carbocycles. The summed E-state index contributed by atoms with van der Waals surface area (Å²) in [6, 6.07) is 16.7. The molecule has 0 fully saturated rings. The van der Waals surface area contributed by atoms with Gasteiger partial charge in [-0.2, -0.15) is 0 Å². The van der Waals surface area contributed by atoms with Crippen LogP contribution in [-0.4, -0.2) is 22.4 Å². The van der Waals surface area contributed by atoms with Crippen molar-refractivity contribution in [3.05, 3.63) is 65.2 Å². The molecule has 0 unspecified atom stereocenters. The maximum absolute atomic E-state index is 13.0. The van der Waals surface area contributed by atoms with E-state index in [2.05, 4.69) is 0 Å². The Hall–Kier alpha value is -1.49. The molecule has 0 aliphatic rings. The highest BCUT2D eigenvalue weighted by Gasteiger charge is 2.44. The summed E-state index contributed by atoms with van der Waals surface area (Å²) < 4.78 is 5.62. The minimum absolute atomic E-state index is 0.385. The van der Waals surface area contributed by atoms with Crippen molar-refractivity contribution in [2.75, 3.05) is 5.75 Å². The lowest BCUT2D eigenvalue weighted by atomic mass is 9.82. The zero-order chi connectivity index (χ0) is 19.4. The first kappa shape index (κ1) is 20.8. The van der Waals surface area contributed by atoms with Crippen molar-refractivity contribution in [3.63, 3.8) is 0 Å². The van der Waals surface area contributed by atoms with E-state index < -0.39 is 23.1 Å². The van der Waals surface area contributed by atoms with Crippen molar-refractivity contribution in [1.82, 2.24) is 0 Å². The summed E-state index contributed by atoms with van der Waals surface area (Å²) >= 11 is 7.47. The first-order chi connectivity index (χ1) is 12.1. The van der Waals surface area contributed by atoms with Crippen LogP contribution in [0.2, 0.25) is 5.02 Å². The van der Waals surface area contributed by atoms with Crippen molar-refractivity contribution >= 4 is 29.3 Å². The Bertz CT molecular complexity index is 725. The van der Waals surface area contributed by atoms with Crippen molar-refractivity contribution < 1.29 is 14.6 Å². The molecule has 0 saturated heterocycles. The van der Waals surface area contributed by atoms with Gasteiger partial charge in [0.05, 0.1) is 6.10 Å². The van der Waals surface area contributed by atoms with Crippen LogP contribution in [0.25, 0.3) is 0 Å². The maximum Gasteiger partial charge on any atom is 0.316 e. The normalized spacial score (nSPS) is 15.2. The quantitative estimate of drug-likeness (QED) is 0.519. The van der Waals surface area contributed by atoms with Gasteiger partial charge in [-0.05, 0) is 57.5 Å². The Balaban J connectivity index is 2.30. The van der Waals surface area contributed by atoms with Gasteiger partial charge >= 0.3 is 5.97 Å². The second kappa shape index (κ2) is 8.47. The molecule has 2 aromatic carbocycles. The van der Waals surface area contributed by atoms with E-state index in [0.717, 1.165) is 4.90 Å². The van der Waals surface area contributed by atoms with E-state index in [0.29, 0.717) is 16.3 Å². The fourth-order valence-corrected chi connectivity index (χ4v) is 3.62. The van der Waals surface area contributed by atoms with Crippen molar-refractivity contribution in [1.29, 1.82) is 0 Å². The molecule has 0 saturated carbocycles. The van der Waals surface area contributed by atoms with Crippen LogP contribution >= 0.6 is 23.4 Å². The van der Waals surface area contributed by atoms with Crippen LogP contribution in [0.3, 0.4) is 0 Å². The third-order valence-corrected chi connectivity index (χ3v) is 5.54. The molecule has 0 amide bonds. The molecule has 0 aliphatic heterocycles. The summed E-state index contributed by atoms with van der Waals surface area (Å²) in [5.74, 6) is -0.0358. The molecule has 5 heteroatoms. The maximum atomic E-state index is 13.0. The molecule has 0 radical (unpaired) electrons. The number of carbonyl (C=O) groups excluding carboxylic acids is 1. The predicted octanol–water partition coefficient (Wildman–Crippen LogP) is 5.51. The van der Waals surface area contributed by atoms with Gasteiger partial charge in [0.2, 0.25) is 0 Å². The Kier molecular flexibility index (Phi) is 6.78. The van der Waals surface area contributed by atoms with Crippen LogP contribution in [0.15, 0.2) is 59.5 Å². The first-order valence-corrected chi connectivity index (χ1v) is 9.83. The van der Waals surface area contributed by atoms with E-state index in [9.17, 15) is 9.90 Å². The first-order valence-electron chi connectivity index (χ1n) is 8.47. The summed E-state index contributed by atoms with van der Waals surface area (Å²) in [5, 5.41) is 11.6. The van der Waals surface area contributed by atoms with E-state index in [-0.39, 0.29) is 0 Å². The lowest BCUT2D eigenvalue weighted by Gasteiger charge is -2.35. The minimum Gasteiger partial charge on any atom is -0.459 e.